The highest BCUT2D eigenvalue weighted by Gasteiger charge is 2.25. The second-order valence-corrected chi connectivity index (χ2v) is 5.38. The van der Waals surface area contributed by atoms with Gasteiger partial charge in [-0.05, 0) is 11.5 Å². The highest BCUT2D eigenvalue weighted by atomic mass is 32.3. The zero-order chi connectivity index (χ0) is 8.20. The maximum Gasteiger partial charge on any atom is 0.271 e. The number of carbonyl (C=O) groups is 1. The maximum atomic E-state index is 10.8. The van der Waals surface area contributed by atoms with Gasteiger partial charge in [0.25, 0.3) is 5.24 Å². The Balaban J connectivity index is 4.52. The first-order valence-corrected chi connectivity index (χ1v) is 5.09. The lowest BCUT2D eigenvalue weighted by atomic mass is 11.0. The van der Waals surface area contributed by atoms with Crippen LogP contribution in [0.25, 0.3) is 0 Å². The van der Waals surface area contributed by atoms with Gasteiger partial charge in [0.05, 0.1) is 0 Å². The third-order valence-corrected chi connectivity index (χ3v) is 4.64. The molecule has 0 saturated carbocycles. The molecule has 2 N–H and O–H groups in total. The Labute approximate surface area is 62.5 Å². The number of carbonyl (C=O) groups excluding carboxylic acids is 1. The highest BCUT2D eigenvalue weighted by molar-refractivity contribution is 8.48. The molecule has 4 heteroatoms. The Morgan fingerprint density at radius 2 is 2.00 bits per heavy atom. The molecule has 0 aliphatic heterocycles. The molecule has 0 atom stereocenters. The largest absolute Gasteiger partial charge is 0.361 e. The lowest BCUT2D eigenvalue weighted by Crippen LogP contribution is -2.21. The van der Waals surface area contributed by atoms with E-state index in [1.807, 2.05) is 19.2 Å². The molecule has 0 spiro atoms. The van der Waals surface area contributed by atoms with Gasteiger partial charge in [-0.1, -0.05) is 23.9 Å². The molecule has 0 aromatic carbocycles. The molecule has 0 heterocycles. The molecule has 1 amide bonds. The SMILES string of the molecule is CCS(C#N)(CC)C(N)=O. The van der Waals surface area contributed by atoms with Gasteiger partial charge in [0, 0.05) is 0 Å². The molecule has 0 aliphatic rings. The van der Waals surface area contributed by atoms with E-state index < -0.39 is 15.3 Å². The summed E-state index contributed by atoms with van der Waals surface area (Å²) in [7, 11) is -1.78. The van der Waals surface area contributed by atoms with Crippen molar-refractivity contribution >= 4 is 15.3 Å². The number of nitrogens with two attached hydrogens (primary N) is 1. The third-order valence-electron chi connectivity index (χ3n) is 1.55. The second-order valence-electron chi connectivity index (χ2n) is 1.87. The Morgan fingerprint density at radius 1 is 1.60 bits per heavy atom. The van der Waals surface area contributed by atoms with Crippen molar-refractivity contribution in [1.82, 2.24) is 0 Å². The molecular formula is C6H12N2OS. The van der Waals surface area contributed by atoms with Crippen molar-refractivity contribution < 1.29 is 4.79 Å². The van der Waals surface area contributed by atoms with Crippen LogP contribution in [0, 0.1) is 10.7 Å². The van der Waals surface area contributed by atoms with Gasteiger partial charge >= 0.3 is 0 Å². The van der Waals surface area contributed by atoms with Crippen LogP contribution in [0.3, 0.4) is 0 Å². The normalized spacial score (nSPS) is 12.1. The van der Waals surface area contributed by atoms with E-state index in [1.165, 1.54) is 0 Å². The van der Waals surface area contributed by atoms with Crippen LogP contribution in [0.1, 0.15) is 13.8 Å². The summed E-state index contributed by atoms with van der Waals surface area (Å²) in [6, 6.07) is 0. The fourth-order valence-electron chi connectivity index (χ4n) is 0.663. The Bertz CT molecular complexity index is 169. The van der Waals surface area contributed by atoms with Crippen LogP contribution in [0.15, 0.2) is 0 Å². The van der Waals surface area contributed by atoms with Gasteiger partial charge in [-0.15, -0.1) is 0 Å². The topological polar surface area (TPSA) is 66.9 Å². The second kappa shape index (κ2) is 3.47. The van der Waals surface area contributed by atoms with Gasteiger partial charge in [0.1, 0.15) is 5.40 Å². The number of rotatable bonds is 2. The van der Waals surface area contributed by atoms with Crippen molar-refractivity contribution in [3.8, 4) is 5.40 Å². The first-order valence-electron chi connectivity index (χ1n) is 3.12. The zero-order valence-corrected chi connectivity index (χ0v) is 7.07. The van der Waals surface area contributed by atoms with E-state index in [2.05, 4.69) is 0 Å². The number of amides is 1. The molecule has 0 radical (unpaired) electrons. The predicted molar refractivity (Wildman–Crippen MR) is 43.9 cm³/mol. The summed E-state index contributed by atoms with van der Waals surface area (Å²) in [6.45, 7) is 3.65. The average Bonchev–Trinajstić information content (AvgIpc) is 1.92. The first kappa shape index (κ1) is 9.31. The first-order chi connectivity index (χ1) is 4.63. The number of hydrogen-bond donors (Lipinski definition) is 1. The molecule has 58 valence electrons. The van der Waals surface area contributed by atoms with E-state index in [9.17, 15) is 4.79 Å². The molecule has 0 unspecified atom stereocenters. The molecule has 0 saturated heterocycles. The summed E-state index contributed by atoms with van der Waals surface area (Å²) >= 11 is 0. The van der Waals surface area contributed by atoms with Crippen LogP contribution >= 0.6 is 10.0 Å². The van der Waals surface area contributed by atoms with E-state index in [0.29, 0.717) is 11.5 Å². The van der Waals surface area contributed by atoms with Gasteiger partial charge in [-0.2, -0.15) is 5.26 Å². The average molecular weight is 160 g/mol. The molecule has 0 fully saturated rings. The number of primary amides is 1. The van der Waals surface area contributed by atoms with Gasteiger partial charge in [-0.25, -0.2) is 0 Å². The summed E-state index contributed by atoms with van der Waals surface area (Å²) in [6.07, 6.45) is 0. The minimum atomic E-state index is -1.78. The molecule has 3 nitrogen and oxygen atoms in total. The third kappa shape index (κ3) is 1.42. The maximum absolute atomic E-state index is 10.8. The van der Waals surface area contributed by atoms with Crippen LogP contribution in [-0.4, -0.2) is 16.7 Å². The van der Waals surface area contributed by atoms with E-state index in [1.54, 1.807) is 0 Å². The molecule has 0 bridgehead atoms. The van der Waals surface area contributed by atoms with Gasteiger partial charge < -0.3 is 5.73 Å². The lowest BCUT2D eigenvalue weighted by Gasteiger charge is -2.24. The smallest absolute Gasteiger partial charge is 0.271 e. The summed E-state index contributed by atoms with van der Waals surface area (Å²) in [5.41, 5.74) is 5.08. The van der Waals surface area contributed by atoms with E-state index in [4.69, 9.17) is 11.0 Å². The minimum Gasteiger partial charge on any atom is -0.361 e. The summed E-state index contributed by atoms with van der Waals surface area (Å²) in [5, 5.41) is 10.2. The highest BCUT2D eigenvalue weighted by Crippen LogP contribution is 2.45. The predicted octanol–water partition coefficient (Wildman–Crippen LogP) is 1.39. The quantitative estimate of drug-likeness (QED) is 0.620. The Kier molecular flexibility index (Phi) is 3.23. The fourth-order valence-corrected chi connectivity index (χ4v) is 1.99. The summed E-state index contributed by atoms with van der Waals surface area (Å²) < 4.78 is 0. The van der Waals surface area contributed by atoms with Crippen molar-refractivity contribution in [2.75, 3.05) is 11.5 Å². The Morgan fingerprint density at radius 3 is 2.00 bits per heavy atom. The van der Waals surface area contributed by atoms with Gasteiger partial charge in [0.2, 0.25) is 0 Å². The number of nitriles is 1. The van der Waals surface area contributed by atoms with Crippen LogP contribution in [0.5, 0.6) is 0 Å². The summed E-state index contributed by atoms with van der Waals surface area (Å²) in [4.78, 5) is 10.8. The molecular weight excluding hydrogens is 148 g/mol. The lowest BCUT2D eigenvalue weighted by molar-refractivity contribution is 0.266. The molecule has 0 aromatic heterocycles. The fraction of sp³-hybridized carbons (Fsp3) is 0.667. The molecule has 0 aliphatic carbocycles. The molecule has 10 heavy (non-hydrogen) atoms. The van der Waals surface area contributed by atoms with Crippen molar-refractivity contribution in [3.05, 3.63) is 0 Å². The molecule has 0 rings (SSSR count). The van der Waals surface area contributed by atoms with Crippen LogP contribution in [-0.2, 0) is 0 Å². The monoisotopic (exact) mass is 160 g/mol. The van der Waals surface area contributed by atoms with Gasteiger partial charge in [-0.3, -0.25) is 4.79 Å². The van der Waals surface area contributed by atoms with Crippen molar-refractivity contribution in [3.63, 3.8) is 0 Å². The van der Waals surface area contributed by atoms with Crippen molar-refractivity contribution in [2.45, 2.75) is 13.8 Å². The van der Waals surface area contributed by atoms with Crippen molar-refractivity contribution in [1.29, 1.82) is 5.26 Å². The van der Waals surface area contributed by atoms with E-state index >= 15 is 0 Å². The van der Waals surface area contributed by atoms with Gasteiger partial charge in [0.15, 0.2) is 0 Å². The van der Waals surface area contributed by atoms with Crippen molar-refractivity contribution in [2.24, 2.45) is 5.73 Å². The van der Waals surface area contributed by atoms with Crippen LogP contribution < -0.4 is 5.73 Å². The minimum absolute atomic E-state index is 0.431. The molecule has 0 aromatic rings. The number of nitrogens with zero attached hydrogens (tertiary/aromatic N) is 1. The number of hydrogen-bond acceptors (Lipinski definition) is 2. The van der Waals surface area contributed by atoms with Crippen LogP contribution in [0.4, 0.5) is 4.79 Å². The zero-order valence-electron chi connectivity index (χ0n) is 6.26. The number of thiocyanates is 1. The standard InChI is InChI=1S/C6H12N2OS/c1-3-10(4-2,5-7)6(8)9/h3-4H2,1-2H3,(H2,8,9). The summed E-state index contributed by atoms with van der Waals surface area (Å²) in [5.74, 6) is 1.16. The van der Waals surface area contributed by atoms with E-state index in [-0.39, 0.29) is 0 Å². The van der Waals surface area contributed by atoms with E-state index in [0.717, 1.165) is 0 Å². The Hall–Kier alpha value is -0.690. The van der Waals surface area contributed by atoms with Crippen LogP contribution in [0.2, 0.25) is 0 Å².